The Bertz CT molecular complexity index is 966. The number of aryl methyl sites for hydroxylation is 1. The van der Waals surface area contributed by atoms with Crippen molar-refractivity contribution >= 4 is 41.2 Å². The summed E-state index contributed by atoms with van der Waals surface area (Å²) in [5, 5.41) is 0. The van der Waals surface area contributed by atoms with E-state index in [1.165, 1.54) is 15.8 Å². The fourth-order valence-corrected chi connectivity index (χ4v) is 5.40. The molecule has 0 aliphatic heterocycles. The number of fused-ring (bicyclic) bond motifs is 3. The molecule has 3 nitrogen and oxygen atoms in total. The fourth-order valence-electron chi connectivity index (χ4n) is 2.54. The zero-order chi connectivity index (χ0) is 14.8. The van der Waals surface area contributed by atoms with Crippen LogP contribution < -0.4 is 4.36 Å². The summed E-state index contributed by atoms with van der Waals surface area (Å²) in [6.45, 7) is 0.873. The molecule has 22 heavy (non-hydrogen) atoms. The average Bonchev–Trinajstić information content (AvgIpc) is 3.12. The fraction of sp³-hybridized carbons (Fsp3) is 0.176. The molecular formula is C17H15N3SSe. The second-order valence-corrected chi connectivity index (χ2v) is 7.67. The molecule has 2 aromatic carbocycles. The molecule has 0 unspecified atom stereocenters. The van der Waals surface area contributed by atoms with Crippen LogP contribution in [0.3, 0.4) is 0 Å². The predicted molar refractivity (Wildman–Crippen MR) is 92.7 cm³/mol. The summed E-state index contributed by atoms with van der Waals surface area (Å²) in [6, 6.07) is 19.1. The van der Waals surface area contributed by atoms with Crippen LogP contribution in [0.15, 0.2) is 59.6 Å². The van der Waals surface area contributed by atoms with Gasteiger partial charge in [-0.2, -0.15) is 0 Å². The van der Waals surface area contributed by atoms with E-state index in [4.69, 9.17) is 4.99 Å². The zero-order valence-corrected chi connectivity index (χ0v) is 14.5. The monoisotopic (exact) mass is 373 g/mol. The van der Waals surface area contributed by atoms with Gasteiger partial charge in [-0.05, 0) is 0 Å². The summed E-state index contributed by atoms with van der Waals surface area (Å²) in [6.07, 6.45) is 2.17. The summed E-state index contributed by atoms with van der Waals surface area (Å²) in [5.41, 5.74) is 2.63. The van der Waals surface area contributed by atoms with Crippen molar-refractivity contribution in [1.82, 2.24) is 8.38 Å². The third kappa shape index (κ3) is 2.68. The molecule has 0 aliphatic rings. The number of hydrogen-bond acceptors (Lipinski definition) is 3. The number of aromatic nitrogens is 2. The Hall–Kier alpha value is -1.68. The van der Waals surface area contributed by atoms with E-state index < -0.39 is 0 Å². The van der Waals surface area contributed by atoms with Crippen LogP contribution in [-0.4, -0.2) is 29.7 Å². The Labute approximate surface area is 138 Å². The summed E-state index contributed by atoms with van der Waals surface area (Å²) in [5.74, 6) is 0. The molecule has 4 aromatic rings. The Kier molecular flexibility index (Phi) is 3.93. The summed E-state index contributed by atoms with van der Waals surface area (Å²) in [4.78, 5) is 5.92. The van der Waals surface area contributed by atoms with Crippen LogP contribution in [0.1, 0.15) is 12.0 Å². The third-order valence-electron chi connectivity index (χ3n) is 3.61. The molecule has 4 rings (SSSR count). The normalized spacial score (nSPS) is 12.5. The van der Waals surface area contributed by atoms with Gasteiger partial charge in [0.1, 0.15) is 0 Å². The number of rotatable bonds is 4. The van der Waals surface area contributed by atoms with Gasteiger partial charge in [0, 0.05) is 0 Å². The van der Waals surface area contributed by atoms with E-state index >= 15 is 0 Å². The molecule has 0 saturated carbocycles. The van der Waals surface area contributed by atoms with Crippen LogP contribution in [0, 0.1) is 0 Å². The standard InChI is InChI=1S/C17H15N3SSe/c1-2-7-13(8-3-1)9-6-12-18-17-20-14-10-4-5-11-15(14)21-16(20)19-22-17/h1-5,7-8,10-11H,6,9,12H2. The van der Waals surface area contributed by atoms with Crippen LogP contribution in [0.25, 0.3) is 15.2 Å². The molecule has 110 valence electrons. The number of nitrogens with zero attached hydrogens (tertiary/aromatic N) is 3. The van der Waals surface area contributed by atoms with Gasteiger partial charge in [0.25, 0.3) is 0 Å². The topological polar surface area (TPSA) is 29.7 Å². The first-order valence-corrected chi connectivity index (χ1v) is 9.76. The van der Waals surface area contributed by atoms with Gasteiger partial charge in [0.05, 0.1) is 0 Å². The molecule has 5 heteroatoms. The van der Waals surface area contributed by atoms with E-state index in [1.807, 2.05) is 0 Å². The van der Waals surface area contributed by atoms with Crippen molar-refractivity contribution in [3.05, 3.63) is 64.5 Å². The van der Waals surface area contributed by atoms with Crippen molar-refractivity contribution in [2.75, 3.05) is 6.54 Å². The Morgan fingerprint density at radius 3 is 2.77 bits per heavy atom. The molecule has 2 heterocycles. The molecule has 0 amide bonds. The van der Waals surface area contributed by atoms with Crippen molar-refractivity contribution in [3.8, 4) is 0 Å². The Morgan fingerprint density at radius 1 is 1.05 bits per heavy atom. The molecule has 2 aromatic heterocycles. The van der Waals surface area contributed by atoms with E-state index in [-0.39, 0.29) is 14.7 Å². The van der Waals surface area contributed by atoms with Gasteiger partial charge in [-0.15, -0.1) is 0 Å². The van der Waals surface area contributed by atoms with Crippen molar-refractivity contribution in [1.29, 1.82) is 0 Å². The number of benzene rings is 2. The second-order valence-electron chi connectivity index (χ2n) is 5.12. The average molecular weight is 372 g/mol. The van der Waals surface area contributed by atoms with Crippen LogP contribution in [-0.2, 0) is 6.42 Å². The summed E-state index contributed by atoms with van der Waals surface area (Å²) < 4.78 is 9.34. The molecule has 0 radical (unpaired) electrons. The van der Waals surface area contributed by atoms with Crippen molar-refractivity contribution in [3.63, 3.8) is 0 Å². The van der Waals surface area contributed by atoms with Crippen molar-refractivity contribution in [2.24, 2.45) is 4.99 Å². The van der Waals surface area contributed by atoms with E-state index in [0.717, 1.165) is 28.7 Å². The van der Waals surface area contributed by atoms with E-state index in [1.54, 1.807) is 11.3 Å². The van der Waals surface area contributed by atoms with Gasteiger partial charge < -0.3 is 0 Å². The Balaban J connectivity index is 1.58. The molecule has 0 N–H and O–H groups in total. The summed E-state index contributed by atoms with van der Waals surface area (Å²) in [7, 11) is 0. The first-order valence-electron chi connectivity index (χ1n) is 7.32. The minimum absolute atomic E-state index is 0.128. The molecule has 0 saturated heterocycles. The molecule has 0 spiro atoms. The predicted octanol–water partition coefficient (Wildman–Crippen LogP) is 3.14. The molecule has 0 atom stereocenters. The van der Waals surface area contributed by atoms with E-state index in [9.17, 15) is 0 Å². The van der Waals surface area contributed by atoms with E-state index in [2.05, 4.69) is 63.0 Å². The van der Waals surface area contributed by atoms with Crippen molar-refractivity contribution in [2.45, 2.75) is 12.8 Å². The van der Waals surface area contributed by atoms with Crippen LogP contribution in [0.5, 0.6) is 0 Å². The van der Waals surface area contributed by atoms with Crippen LogP contribution >= 0.6 is 11.3 Å². The first kappa shape index (κ1) is 13.9. The molecular weight excluding hydrogens is 357 g/mol. The third-order valence-corrected chi connectivity index (χ3v) is 6.44. The summed E-state index contributed by atoms with van der Waals surface area (Å²) >= 11 is 1.88. The van der Waals surface area contributed by atoms with Gasteiger partial charge in [0.15, 0.2) is 0 Å². The first-order chi connectivity index (χ1) is 10.9. The molecule has 0 fully saturated rings. The SMILES string of the molecule is c1ccc(CCCN=c2[se]nc3sc4ccccc4n23)cc1. The quantitative estimate of drug-likeness (QED) is 0.400. The molecule has 0 aliphatic carbocycles. The number of thiazole rings is 1. The maximum absolute atomic E-state index is 4.82. The van der Waals surface area contributed by atoms with Gasteiger partial charge in [-0.3, -0.25) is 0 Å². The van der Waals surface area contributed by atoms with Crippen LogP contribution in [0.4, 0.5) is 0 Å². The van der Waals surface area contributed by atoms with E-state index in [0.29, 0.717) is 0 Å². The van der Waals surface area contributed by atoms with Crippen LogP contribution in [0.2, 0.25) is 0 Å². The molecule has 0 bridgehead atoms. The van der Waals surface area contributed by atoms with Gasteiger partial charge >= 0.3 is 139 Å². The number of para-hydroxylation sites is 1. The zero-order valence-electron chi connectivity index (χ0n) is 12.0. The second kappa shape index (κ2) is 6.21. The minimum atomic E-state index is 0.128. The van der Waals surface area contributed by atoms with Gasteiger partial charge in [-0.1, -0.05) is 0 Å². The Morgan fingerprint density at radius 2 is 1.86 bits per heavy atom. The number of hydrogen-bond donors (Lipinski definition) is 0. The van der Waals surface area contributed by atoms with Gasteiger partial charge in [0.2, 0.25) is 0 Å². The van der Waals surface area contributed by atoms with Crippen molar-refractivity contribution < 1.29 is 0 Å². The van der Waals surface area contributed by atoms with Gasteiger partial charge in [-0.25, -0.2) is 0 Å². The maximum atomic E-state index is 4.82.